The standard InChI is InChI=1S/C18H24ClN3O/c1-12(2)11-22-14(4)15(13(3)21-22)9-10-18(23)20-17-8-6-5-7-16(17)19/h5-8,12H,9-11H2,1-4H3,(H,20,23). The Bertz CT molecular complexity index is 692. The third kappa shape index (κ3) is 4.58. The Morgan fingerprint density at radius 1 is 1.30 bits per heavy atom. The van der Waals surface area contributed by atoms with E-state index in [0.29, 0.717) is 29.5 Å². The minimum Gasteiger partial charge on any atom is -0.325 e. The molecule has 0 saturated heterocycles. The van der Waals surface area contributed by atoms with Gasteiger partial charge in [-0.3, -0.25) is 9.48 Å². The molecule has 0 aliphatic heterocycles. The summed E-state index contributed by atoms with van der Waals surface area (Å²) in [6, 6.07) is 7.26. The Labute approximate surface area is 142 Å². The molecule has 1 heterocycles. The SMILES string of the molecule is Cc1nn(CC(C)C)c(C)c1CCC(=O)Nc1ccccc1Cl. The Morgan fingerprint density at radius 2 is 2.00 bits per heavy atom. The third-order valence-electron chi connectivity index (χ3n) is 3.82. The van der Waals surface area contributed by atoms with Crippen LogP contribution in [0, 0.1) is 19.8 Å². The number of carbonyl (C=O) groups excluding carboxylic acids is 1. The minimum atomic E-state index is -0.0338. The number of nitrogens with zero attached hydrogens (tertiary/aromatic N) is 2. The van der Waals surface area contributed by atoms with Gasteiger partial charge in [0.15, 0.2) is 0 Å². The van der Waals surface area contributed by atoms with Gasteiger partial charge in [-0.25, -0.2) is 0 Å². The molecule has 0 bridgehead atoms. The highest BCUT2D eigenvalue weighted by molar-refractivity contribution is 6.33. The Kier molecular flexibility index (Phi) is 5.83. The lowest BCUT2D eigenvalue weighted by Crippen LogP contribution is -2.13. The Hall–Kier alpha value is -1.81. The Balaban J connectivity index is 1.99. The van der Waals surface area contributed by atoms with Gasteiger partial charge >= 0.3 is 0 Å². The van der Waals surface area contributed by atoms with Crippen LogP contribution < -0.4 is 5.32 Å². The number of para-hydroxylation sites is 1. The second kappa shape index (κ2) is 7.64. The normalized spacial score (nSPS) is 11.0. The number of amides is 1. The molecule has 5 heteroatoms. The van der Waals surface area contributed by atoms with Gasteiger partial charge in [0.25, 0.3) is 0 Å². The van der Waals surface area contributed by atoms with Crippen LogP contribution in [0.25, 0.3) is 0 Å². The van der Waals surface area contributed by atoms with Crippen molar-refractivity contribution in [2.45, 2.75) is 47.1 Å². The number of hydrogen-bond donors (Lipinski definition) is 1. The molecule has 0 saturated carbocycles. The van der Waals surface area contributed by atoms with Gasteiger partial charge in [-0.15, -0.1) is 0 Å². The summed E-state index contributed by atoms with van der Waals surface area (Å²) < 4.78 is 2.04. The zero-order valence-electron chi connectivity index (χ0n) is 14.2. The van der Waals surface area contributed by atoms with Crippen LogP contribution in [0.2, 0.25) is 5.02 Å². The molecule has 124 valence electrons. The first-order chi connectivity index (χ1) is 10.9. The van der Waals surface area contributed by atoms with Crippen LogP contribution in [0.1, 0.15) is 37.2 Å². The quantitative estimate of drug-likeness (QED) is 0.852. The van der Waals surface area contributed by atoms with E-state index < -0.39 is 0 Å². The molecule has 0 unspecified atom stereocenters. The van der Waals surface area contributed by atoms with E-state index in [0.717, 1.165) is 17.9 Å². The molecule has 1 aromatic carbocycles. The molecule has 4 nitrogen and oxygen atoms in total. The van der Waals surface area contributed by atoms with Crippen molar-refractivity contribution in [3.05, 3.63) is 46.2 Å². The molecular formula is C18H24ClN3O. The van der Waals surface area contributed by atoms with E-state index in [1.807, 2.05) is 23.7 Å². The van der Waals surface area contributed by atoms with Crippen molar-refractivity contribution in [1.82, 2.24) is 9.78 Å². The molecule has 1 aromatic heterocycles. The summed E-state index contributed by atoms with van der Waals surface area (Å²) in [4.78, 5) is 12.1. The van der Waals surface area contributed by atoms with Gasteiger partial charge in [0.2, 0.25) is 5.91 Å². The summed E-state index contributed by atoms with van der Waals surface area (Å²) in [6.45, 7) is 9.33. The van der Waals surface area contributed by atoms with E-state index >= 15 is 0 Å². The van der Waals surface area contributed by atoms with E-state index in [4.69, 9.17) is 11.6 Å². The molecule has 0 aliphatic carbocycles. The number of aromatic nitrogens is 2. The maximum Gasteiger partial charge on any atom is 0.224 e. The van der Waals surface area contributed by atoms with Crippen LogP contribution in [0.15, 0.2) is 24.3 Å². The number of benzene rings is 1. The molecule has 2 rings (SSSR count). The zero-order valence-corrected chi connectivity index (χ0v) is 14.9. The highest BCUT2D eigenvalue weighted by atomic mass is 35.5. The van der Waals surface area contributed by atoms with E-state index in [1.165, 1.54) is 5.56 Å². The van der Waals surface area contributed by atoms with E-state index in [-0.39, 0.29) is 5.91 Å². The van der Waals surface area contributed by atoms with Crippen LogP contribution >= 0.6 is 11.6 Å². The molecule has 0 aliphatic rings. The fourth-order valence-electron chi connectivity index (χ4n) is 2.63. The van der Waals surface area contributed by atoms with Crippen LogP contribution in [-0.2, 0) is 17.8 Å². The average molecular weight is 334 g/mol. The summed E-state index contributed by atoms with van der Waals surface area (Å²) in [7, 11) is 0. The number of carbonyl (C=O) groups is 1. The molecule has 0 radical (unpaired) electrons. The number of hydrogen-bond acceptors (Lipinski definition) is 2. The van der Waals surface area contributed by atoms with E-state index in [1.54, 1.807) is 12.1 Å². The number of aryl methyl sites for hydroxylation is 1. The second-order valence-corrected chi connectivity index (χ2v) is 6.66. The molecule has 23 heavy (non-hydrogen) atoms. The van der Waals surface area contributed by atoms with Crippen LogP contribution in [0.4, 0.5) is 5.69 Å². The van der Waals surface area contributed by atoms with Gasteiger partial charge in [-0.1, -0.05) is 37.6 Å². The summed E-state index contributed by atoms with van der Waals surface area (Å²) in [5.74, 6) is 0.512. The first-order valence-corrected chi connectivity index (χ1v) is 8.33. The molecular weight excluding hydrogens is 310 g/mol. The maximum absolute atomic E-state index is 12.1. The number of rotatable bonds is 6. The van der Waals surface area contributed by atoms with E-state index in [2.05, 4.69) is 31.2 Å². The van der Waals surface area contributed by atoms with Crippen molar-refractivity contribution in [3.8, 4) is 0 Å². The minimum absolute atomic E-state index is 0.0338. The fraction of sp³-hybridized carbons (Fsp3) is 0.444. The van der Waals surface area contributed by atoms with Gasteiger partial charge in [-0.2, -0.15) is 5.10 Å². The lowest BCUT2D eigenvalue weighted by atomic mass is 10.1. The van der Waals surface area contributed by atoms with Crippen molar-refractivity contribution < 1.29 is 4.79 Å². The maximum atomic E-state index is 12.1. The molecule has 0 fully saturated rings. The summed E-state index contributed by atoms with van der Waals surface area (Å²) in [5, 5.41) is 8.00. The van der Waals surface area contributed by atoms with Crippen LogP contribution in [-0.4, -0.2) is 15.7 Å². The number of anilines is 1. The number of nitrogens with one attached hydrogen (secondary N) is 1. The molecule has 1 amide bonds. The molecule has 0 atom stereocenters. The highest BCUT2D eigenvalue weighted by Gasteiger charge is 2.14. The van der Waals surface area contributed by atoms with Crippen molar-refractivity contribution in [2.75, 3.05) is 5.32 Å². The first kappa shape index (κ1) is 17.5. The molecule has 2 aromatic rings. The van der Waals surface area contributed by atoms with E-state index in [9.17, 15) is 4.79 Å². The molecule has 1 N–H and O–H groups in total. The van der Waals surface area contributed by atoms with Crippen molar-refractivity contribution in [3.63, 3.8) is 0 Å². The lowest BCUT2D eigenvalue weighted by Gasteiger charge is -2.09. The first-order valence-electron chi connectivity index (χ1n) is 7.95. The van der Waals surface area contributed by atoms with Gasteiger partial charge < -0.3 is 5.32 Å². The third-order valence-corrected chi connectivity index (χ3v) is 4.15. The van der Waals surface area contributed by atoms with Gasteiger partial charge in [0.1, 0.15) is 0 Å². The monoisotopic (exact) mass is 333 g/mol. The average Bonchev–Trinajstić information content (AvgIpc) is 2.73. The smallest absolute Gasteiger partial charge is 0.224 e. The van der Waals surface area contributed by atoms with Gasteiger partial charge in [0, 0.05) is 18.7 Å². The number of halogens is 1. The van der Waals surface area contributed by atoms with Crippen LogP contribution in [0.5, 0.6) is 0 Å². The lowest BCUT2D eigenvalue weighted by molar-refractivity contribution is -0.116. The van der Waals surface area contributed by atoms with Gasteiger partial charge in [-0.05, 0) is 43.9 Å². The summed E-state index contributed by atoms with van der Waals surface area (Å²) >= 11 is 6.06. The highest BCUT2D eigenvalue weighted by Crippen LogP contribution is 2.21. The second-order valence-electron chi connectivity index (χ2n) is 6.25. The topological polar surface area (TPSA) is 46.9 Å². The summed E-state index contributed by atoms with van der Waals surface area (Å²) in [6.07, 6.45) is 1.10. The van der Waals surface area contributed by atoms with Crippen molar-refractivity contribution >= 4 is 23.2 Å². The Morgan fingerprint density at radius 3 is 2.65 bits per heavy atom. The molecule has 0 spiro atoms. The van der Waals surface area contributed by atoms with Crippen molar-refractivity contribution in [1.29, 1.82) is 0 Å². The largest absolute Gasteiger partial charge is 0.325 e. The van der Waals surface area contributed by atoms with Crippen molar-refractivity contribution in [2.24, 2.45) is 5.92 Å². The van der Waals surface area contributed by atoms with Gasteiger partial charge in [0.05, 0.1) is 16.4 Å². The summed E-state index contributed by atoms with van der Waals surface area (Å²) in [5.41, 5.74) is 3.98. The van der Waals surface area contributed by atoms with Crippen LogP contribution in [0.3, 0.4) is 0 Å². The predicted octanol–water partition coefficient (Wildman–Crippen LogP) is 4.38. The fourth-order valence-corrected chi connectivity index (χ4v) is 2.82. The predicted molar refractivity (Wildman–Crippen MR) is 94.9 cm³/mol. The zero-order chi connectivity index (χ0) is 17.0.